The molecule has 1 rings (SSSR count). The van der Waals surface area contributed by atoms with Gasteiger partial charge in [-0.25, -0.2) is 4.79 Å². The van der Waals surface area contributed by atoms with Gasteiger partial charge in [-0.3, -0.25) is 0 Å². The van der Waals surface area contributed by atoms with E-state index in [9.17, 15) is 4.79 Å². The number of hydrogen-bond donors (Lipinski definition) is 3. The van der Waals surface area contributed by atoms with Gasteiger partial charge in [-0.2, -0.15) is 0 Å². The Morgan fingerprint density at radius 2 is 2.13 bits per heavy atom. The maximum Gasteiger partial charge on any atom is 0.315 e. The number of carbonyl (C=O) groups excluding carboxylic acids is 1. The number of nitrogens with one attached hydrogen (secondary N) is 2. The van der Waals surface area contributed by atoms with Crippen LogP contribution in [0, 0.1) is 5.41 Å². The topological polar surface area (TPSA) is 61.4 Å². The summed E-state index contributed by atoms with van der Waals surface area (Å²) < 4.78 is 0. The van der Waals surface area contributed by atoms with Crippen LogP contribution < -0.4 is 10.6 Å². The highest BCUT2D eigenvalue weighted by molar-refractivity contribution is 5.74. The molecular formula is C11H22N2O2. The summed E-state index contributed by atoms with van der Waals surface area (Å²) in [5.41, 5.74) is -0.0360. The van der Waals surface area contributed by atoms with Crippen molar-refractivity contribution >= 4 is 6.03 Å². The lowest BCUT2D eigenvalue weighted by Gasteiger charge is -2.28. The second kappa shape index (κ2) is 5.35. The Balaban J connectivity index is 2.14. The van der Waals surface area contributed by atoms with Gasteiger partial charge in [0.1, 0.15) is 0 Å². The third-order valence-electron chi connectivity index (χ3n) is 2.96. The predicted molar refractivity (Wildman–Crippen MR) is 59.7 cm³/mol. The van der Waals surface area contributed by atoms with Gasteiger partial charge in [0.25, 0.3) is 0 Å². The lowest BCUT2D eigenvalue weighted by atomic mass is 9.90. The van der Waals surface area contributed by atoms with E-state index < -0.39 is 0 Å². The molecule has 0 spiro atoms. The minimum Gasteiger partial charge on any atom is -0.396 e. The van der Waals surface area contributed by atoms with Gasteiger partial charge < -0.3 is 15.7 Å². The van der Waals surface area contributed by atoms with Gasteiger partial charge in [0, 0.05) is 19.2 Å². The molecule has 88 valence electrons. The molecule has 0 bridgehead atoms. The average molecular weight is 214 g/mol. The van der Waals surface area contributed by atoms with Crippen LogP contribution in [0.1, 0.15) is 39.5 Å². The van der Waals surface area contributed by atoms with E-state index in [4.69, 9.17) is 5.11 Å². The van der Waals surface area contributed by atoms with Gasteiger partial charge in [0.2, 0.25) is 0 Å². The third-order valence-corrected chi connectivity index (χ3v) is 2.96. The largest absolute Gasteiger partial charge is 0.396 e. The molecule has 3 N–H and O–H groups in total. The molecule has 0 heterocycles. The van der Waals surface area contributed by atoms with Crippen molar-refractivity contribution in [1.29, 1.82) is 0 Å². The summed E-state index contributed by atoms with van der Waals surface area (Å²) >= 11 is 0. The maximum atomic E-state index is 11.4. The fraction of sp³-hybridized carbons (Fsp3) is 0.909. The fourth-order valence-corrected chi connectivity index (χ4v) is 1.50. The van der Waals surface area contributed by atoms with E-state index in [0.29, 0.717) is 19.0 Å². The summed E-state index contributed by atoms with van der Waals surface area (Å²) in [4.78, 5) is 11.4. The molecule has 1 aliphatic carbocycles. The summed E-state index contributed by atoms with van der Waals surface area (Å²) in [6.45, 7) is 4.84. The first kappa shape index (κ1) is 12.3. The molecule has 4 heteroatoms. The molecule has 0 aliphatic heterocycles. The highest BCUT2D eigenvalue weighted by Crippen LogP contribution is 2.19. The predicted octanol–water partition coefficient (Wildman–Crippen LogP) is 1.25. The quantitative estimate of drug-likeness (QED) is 0.645. The van der Waals surface area contributed by atoms with Gasteiger partial charge in [-0.15, -0.1) is 0 Å². The Kier molecular flexibility index (Phi) is 4.39. The molecule has 0 radical (unpaired) electrons. The zero-order valence-electron chi connectivity index (χ0n) is 9.68. The SMILES string of the molecule is CC(C)(CCO)CNC(=O)NC1CCC1. The number of aliphatic hydroxyl groups is 1. The van der Waals surface area contributed by atoms with Crippen molar-refractivity contribution in [2.45, 2.75) is 45.6 Å². The molecule has 15 heavy (non-hydrogen) atoms. The van der Waals surface area contributed by atoms with Crippen LogP contribution in [0.25, 0.3) is 0 Å². The van der Waals surface area contributed by atoms with Gasteiger partial charge in [0.15, 0.2) is 0 Å². The van der Waals surface area contributed by atoms with E-state index in [1.54, 1.807) is 0 Å². The van der Waals surface area contributed by atoms with Crippen molar-refractivity contribution in [3.05, 3.63) is 0 Å². The monoisotopic (exact) mass is 214 g/mol. The molecule has 4 nitrogen and oxygen atoms in total. The smallest absolute Gasteiger partial charge is 0.315 e. The van der Waals surface area contributed by atoms with Gasteiger partial charge >= 0.3 is 6.03 Å². The van der Waals surface area contributed by atoms with Gasteiger partial charge in [0.05, 0.1) is 0 Å². The number of aliphatic hydroxyl groups excluding tert-OH is 1. The minimum atomic E-state index is -0.0780. The molecule has 0 aromatic heterocycles. The molecule has 1 saturated carbocycles. The zero-order valence-corrected chi connectivity index (χ0v) is 9.68. The third kappa shape index (κ3) is 4.51. The molecule has 0 saturated heterocycles. The number of amides is 2. The fourth-order valence-electron chi connectivity index (χ4n) is 1.50. The lowest BCUT2D eigenvalue weighted by molar-refractivity contribution is 0.197. The van der Waals surface area contributed by atoms with Crippen molar-refractivity contribution in [3.63, 3.8) is 0 Å². The van der Waals surface area contributed by atoms with Crippen molar-refractivity contribution in [2.24, 2.45) is 5.41 Å². The molecule has 1 fully saturated rings. The number of urea groups is 1. The van der Waals surface area contributed by atoms with Crippen LogP contribution in [-0.4, -0.2) is 30.3 Å². The van der Waals surface area contributed by atoms with E-state index in [1.807, 2.05) is 13.8 Å². The van der Waals surface area contributed by atoms with E-state index in [0.717, 1.165) is 12.8 Å². The molecule has 1 aliphatic rings. The van der Waals surface area contributed by atoms with Crippen LogP contribution in [0.3, 0.4) is 0 Å². The first-order chi connectivity index (χ1) is 7.03. The minimum absolute atomic E-state index is 0.0360. The van der Waals surface area contributed by atoms with Crippen molar-refractivity contribution in [2.75, 3.05) is 13.2 Å². The Morgan fingerprint density at radius 3 is 2.60 bits per heavy atom. The van der Waals surface area contributed by atoms with Crippen LogP contribution in [-0.2, 0) is 0 Å². The zero-order chi connectivity index (χ0) is 11.3. The molecule has 0 aromatic rings. The van der Waals surface area contributed by atoms with Gasteiger partial charge in [-0.1, -0.05) is 13.8 Å². The molecule has 0 unspecified atom stereocenters. The normalized spacial score (nSPS) is 17.0. The molecular weight excluding hydrogens is 192 g/mol. The average Bonchev–Trinajstić information content (AvgIpc) is 2.08. The van der Waals surface area contributed by atoms with Crippen molar-refractivity contribution in [1.82, 2.24) is 10.6 Å². The van der Waals surface area contributed by atoms with E-state index in [2.05, 4.69) is 10.6 Å². The summed E-state index contributed by atoms with van der Waals surface area (Å²) in [5.74, 6) is 0. The highest BCUT2D eigenvalue weighted by atomic mass is 16.3. The van der Waals surface area contributed by atoms with Crippen LogP contribution >= 0.6 is 0 Å². The first-order valence-corrected chi connectivity index (χ1v) is 5.69. The van der Waals surface area contributed by atoms with Crippen molar-refractivity contribution < 1.29 is 9.90 Å². The number of hydrogen-bond acceptors (Lipinski definition) is 2. The lowest BCUT2D eigenvalue weighted by Crippen LogP contribution is -2.47. The second-order valence-corrected chi connectivity index (χ2v) is 5.09. The van der Waals surface area contributed by atoms with Crippen LogP contribution in [0.15, 0.2) is 0 Å². The van der Waals surface area contributed by atoms with Crippen LogP contribution in [0.2, 0.25) is 0 Å². The summed E-state index contributed by atoms with van der Waals surface area (Å²) in [5, 5.41) is 14.6. The van der Waals surface area contributed by atoms with E-state index in [1.165, 1.54) is 6.42 Å². The van der Waals surface area contributed by atoms with E-state index in [-0.39, 0.29) is 18.1 Å². The Bertz CT molecular complexity index is 213. The molecule has 0 aromatic carbocycles. The maximum absolute atomic E-state index is 11.4. The van der Waals surface area contributed by atoms with Crippen molar-refractivity contribution in [3.8, 4) is 0 Å². The summed E-state index contributed by atoms with van der Waals surface area (Å²) in [6.07, 6.45) is 4.14. The highest BCUT2D eigenvalue weighted by Gasteiger charge is 2.21. The summed E-state index contributed by atoms with van der Waals surface area (Å²) in [7, 11) is 0. The number of rotatable bonds is 5. The van der Waals surface area contributed by atoms with Gasteiger partial charge in [-0.05, 0) is 31.1 Å². The number of carbonyl (C=O) groups is 1. The molecule has 0 atom stereocenters. The Morgan fingerprint density at radius 1 is 1.47 bits per heavy atom. The Hall–Kier alpha value is -0.770. The van der Waals surface area contributed by atoms with Crippen LogP contribution in [0.5, 0.6) is 0 Å². The second-order valence-electron chi connectivity index (χ2n) is 5.09. The first-order valence-electron chi connectivity index (χ1n) is 5.69. The van der Waals surface area contributed by atoms with Crippen LogP contribution in [0.4, 0.5) is 4.79 Å². The Labute approximate surface area is 91.4 Å². The summed E-state index contributed by atoms with van der Waals surface area (Å²) in [6, 6.07) is 0.302. The standard InChI is InChI=1S/C11H22N2O2/c1-11(2,6-7-14)8-12-10(15)13-9-4-3-5-9/h9,14H,3-8H2,1-2H3,(H2,12,13,15). The molecule has 2 amide bonds. The van der Waals surface area contributed by atoms with E-state index >= 15 is 0 Å².